The zero-order valence-electron chi connectivity index (χ0n) is 11.2. The first-order valence-electron chi connectivity index (χ1n) is 6.67. The van der Waals surface area contributed by atoms with Crippen LogP contribution < -0.4 is 5.32 Å². The Hall–Kier alpha value is -0.830. The van der Waals surface area contributed by atoms with Gasteiger partial charge in [-0.1, -0.05) is 41.9 Å². The lowest BCUT2D eigenvalue weighted by atomic mass is 10.0. The van der Waals surface area contributed by atoms with Crippen LogP contribution in [-0.4, -0.2) is 11.2 Å². The van der Waals surface area contributed by atoms with E-state index in [1.807, 2.05) is 12.1 Å². The van der Waals surface area contributed by atoms with E-state index in [0.29, 0.717) is 0 Å². The Morgan fingerprint density at radius 2 is 2.06 bits per heavy atom. The summed E-state index contributed by atoms with van der Waals surface area (Å²) in [4.78, 5) is 12.0. The molecule has 2 nitrogen and oxygen atoms in total. The average Bonchev–Trinajstić information content (AvgIpc) is 2.38. The summed E-state index contributed by atoms with van der Waals surface area (Å²) in [6.07, 6.45) is 3.95. The van der Waals surface area contributed by atoms with E-state index in [4.69, 9.17) is 0 Å². The summed E-state index contributed by atoms with van der Waals surface area (Å²) >= 11 is 3.43. The molecule has 100 valence electrons. The summed E-state index contributed by atoms with van der Waals surface area (Å²) in [7, 11) is 0. The topological polar surface area (TPSA) is 29.1 Å². The molecular weight excluding hydrogens is 290 g/mol. The van der Waals surface area contributed by atoms with Crippen LogP contribution in [0.3, 0.4) is 0 Å². The molecule has 0 bridgehead atoms. The number of benzene rings is 1. The third kappa shape index (κ3) is 4.81. The Bertz CT molecular complexity index is 375. The zero-order chi connectivity index (χ0) is 13.4. The normalized spacial score (nSPS) is 10.7. The van der Waals surface area contributed by atoms with E-state index in [2.05, 4.69) is 47.2 Å². The Kier molecular flexibility index (Phi) is 7.02. The maximum atomic E-state index is 12.0. The molecule has 0 saturated heterocycles. The van der Waals surface area contributed by atoms with Gasteiger partial charge < -0.3 is 5.32 Å². The summed E-state index contributed by atoms with van der Waals surface area (Å²) in [5, 5.41) is 4.02. The van der Waals surface area contributed by atoms with Gasteiger partial charge in [-0.2, -0.15) is 0 Å². The Labute approximate surface area is 118 Å². The standard InChI is InChI=1S/C15H22BrNO/c1-3-13(4-2)15(18)17-14-9-5-7-12(11-14)8-6-10-16/h5,7,9,11,13H,3-4,6,8,10H2,1-2H3,(H,17,18). The number of halogens is 1. The maximum Gasteiger partial charge on any atom is 0.227 e. The van der Waals surface area contributed by atoms with E-state index in [1.165, 1.54) is 5.56 Å². The molecule has 1 N–H and O–H groups in total. The quantitative estimate of drug-likeness (QED) is 0.743. The van der Waals surface area contributed by atoms with Crippen LogP contribution in [0.5, 0.6) is 0 Å². The molecule has 0 aliphatic carbocycles. The van der Waals surface area contributed by atoms with Crippen LogP contribution in [0.25, 0.3) is 0 Å². The minimum atomic E-state index is 0.121. The van der Waals surface area contributed by atoms with Crippen molar-refractivity contribution in [2.24, 2.45) is 5.92 Å². The van der Waals surface area contributed by atoms with Gasteiger partial charge in [-0.25, -0.2) is 0 Å². The molecule has 18 heavy (non-hydrogen) atoms. The number of alkyl halides is 1. The molecule has 0 heterocycles. The molecule has 0 unspecified atom stereocenters. The summed E-state index contributed by atoms with van der Waals surface area (Å²) in [6.45, 7) is 4.11. The lowest BCUT2D eigenvalue weighted by Gasteiger charge is -2.13. The molecule has 0 atom stereocenters. The molecule has 0 fully saturated rings. The predicted octanol–water partition coefficient (Wildman–Crippen LogP) is 4.39. The highest BCUT2D eigenvalue weighted by molar-refractivity contribution is 9.09. The molecule has 0 aliphatic heterocycles. The first-order chi connectivity index (χ1) is 8.71. The first kappa shape index (κ1) is 15.2. The van der Waals surface area contributed by atoms with Crippen LogP contribution in [-0.2, 0) is 11.2 Å². The van der Waals surface area contributed by atoms with Crippen LogP contribution in [0.15, 0.2) is 24.3 Å². The monoisotopic (exact) mass is 311 g/mol. The van der Waals surface area contributed by atoms with Crippen molar-refractivity contribution in [1.82, 2.24) is 0 Å². The first-order valence-corrected chi connectivity index (χ1v) is 7.79. The largest absolute Gasteiger partial charge is 0.326 e. The molecule has 1 amide bonds. The third-order valence-electron chi connectivity index (χ3n) is 3.15. The lowest BCUT2D eigenvalue weighted by molar-refractivity contribution is -0.120. The second-order valence-electron chi connectivity index (χ2n) is 4.50. The van der Waals surface area contributed by atoms with Gasteiger partial charge in [-0.15, -0.1) is 0 Å². The van der Waals surface area contributed by atoms with E-state index in [9.17, 15) is 4.79 Å². The van der Waals surface area contributed by atoms with Gasteiger partial charge in [0.15, 0.2) is 0 Å². The molecule has 0 saturated carbocycles. The van der Waals surface area contributed by atoms with E-state index in [-0.39, 0.29) is 11.8 Å². The highest BCUT2D eigenvalue weighted by Crippen LogP contribution is 2.16. The van der Waals surface area contributed by atoms with Gasteiger partial charge >= 0.3 is 0 Å². The lowest BCUT2D eigenvalue weighted by Crippen LogP contribution is -2.21. The van der Waals surface area contributed by atoms with Crippen LogP contribution in [0.2, 0.25) is 0 Å². The highest BCUT2D eigenvalue weighted by atomic mass is 79.9. The number of hydrogen-bond donors (Lipinski definition) is 1. The van der Waals surface area contributed by atoms with Crippen molar-refractivity contribution in [2.75, 3.05) is 10.6 Å². The Morgan fingerprint density at radius 3 is 2.67 bits per heavy atom. The van der Waals surface area contributed by atoms with E-state index in [1.54, 1.807) is 0 Å². The SMILES string of the molecule is CCC(CC)C(=O)Nc1cccc(CCCBr)c1. The number of anilines is 1. The van der Waals surface area contributed by atoms with Gasteiger partial charge in [0.1, 0.15) is 0 Å². The number of rotatable bonds is 7. The minimum absolute atomic E-state index is 0.121. The van der Waals surface area contributed by atoms with Crippen LogP contribution in [0.4, 0.5) is 5.69 Å². The summed E-state index contributed by atoms with van der Waals surface area (Å²) < 4.78 is 0. The number of hydrogen-bond acceptors (Lipinski definition) is 1. The fraction of sp³-hybridized carbons (Fsp3) is 0.533. The summed E-state index contributed by atoms with van der Waals surface area (Å²) in [6, 6.07) is 8.14. The predicted molar refractivity (Wildman–Crippen MR) is 81.3 cm³/mol. The summed E-state index contributed by atoms with van der Waals surface area (Å²) in [5.41, 5.74) is 2.19. The fourth-order valence-electron chi connectivity index (χ4n) is 1.98. The number of aryl methyl sites for hydroxylation is 1. The number of carbonyl (C=O) groups is 1. The molecule has 1 aromatic rings. The van der Waals surface area contributed by atoms with Crippen LogP contribution in [0.1, 0.15) is 38.7 Å². The minimum Gasteiger partial charge on any atom is -0.326 e. The van der Waals surface area contributed by atoms with Gasteiger partial charge in [0.2, 0.25) is 5.91 Å². The van der Waals surface area contributed by atoms with Gasteiger partial charge in [-0.3, -0.25) is 4.79 Å². The van der Waals surface area contributed by atoms with E-state index >= 15 is 0 Å². The van der Waals surface area contributed by atoms with Gasteiger partial charge in [0.25, 0.3) is 0 Å². The maximum absolute atomic E-state index is 12.0. The van der Waals surface area contributed by atoms with Crippen LogP contribution in [0, 0.1) is 5.92 Å². The Balaban J connectivity index is 2.63. The molecular formula is C15H22BrNO. The molecule has 0 radical (unpaired) electrons. The van der Waals surface area contributed by atoms with Crippen molar-refractivity contribution in [3.8, 4) is 0 Å². The molecule has 0 aliphatic rings. The van der Waals surface area contributed by atoms with E-state index in [0.717, 1.165) is 36.7 Å². The average molecular weight is 312 g/mol. The Morgan fingerprint density at radius 1 is 1.33 bits per heavy atom. The second-order valence-corrected chi connectivity index (χ2v) is 5.29. The van der Waals surface area contributed by atoms with Crippen molar-refractivity contribution in [3.05, 3.63) is 29.8 Å². The zero-order valence-corrected chi connectivity index (χ0v) is 12.8. The van der Waals surface area contributed by atoms with Crippen molar-refractivity contribution in [2.45, 2.75) is 39.5 Å². The molecule has 1 aromatic carbocycles. The van der Waals surface area contributed by atoms with Gasteiger partial charge in [0.05, 0.1) is 0 Å². The molecule has 3 heteroatoms. The van der Waals surface area contributed by atoms with Gasteiger partial charge in [0, 0.05) is 16.9 Å². The van der Waals surface area contributed by atoms with Crippen molar-refractivity contribution < 1.29 is 4.79 Å². The number of nitrogens with one attached hydrogen (secondary N) is 1. The fourth-order valence-corrected chi connectivity index (χ4v) is 2.26. The van der Waals surface area contributed by atoms with Gasteiger partial charge in [-0.05, 0) is 43.4 Å². The second kappa shape index (κ2) is 8.30. The third-order valence-corrected chi connectivity index (χ3v) is 3.71. The van der Waals surface area contributed by atoms with Crippen molar-refractivity contribution in [3.63, 3.8) is 0 Å². The number of amides is 1. The molecule has 0 spiro atoms. The van der Waals surface area contributed by atoms with E-state index < -0.39 is 0 Å². The number of carbonyl (C=O) groups excluding carboxylic acids is 1. The van der Waals surface area contributed by atoms with Crippen molar-refractivity contribution >= 4 is 27.5 Å². The summed E-state index contributed by atoms with van der Waals surface area (Å²) in [5.74, 6) is 0.258. The van der Waals surface area contributed by atoms with Crippen molar-refractivity contribution in [1.29, 1.82) is 0 Å². The molecule has 1 rings (SSSR count). The smallest absolute Gasteiger partial charge is 0.227 e. The van der Waals surface area contributed by atoms with Crippen LogP contribution >= 0.6 is 15.9 Å². The molecule has 0 aromatic heterocycles. The highest BCUT2D eigenvalue weighted by Gasteiger charge is 2.13.